The van der Waals surface area contributed by atoms with Gasteiger partial charge >= 0.3 is 5.97 Å². The molecule has 25 heavy (non-hydrogen) atoms. The normalized spacial score (nSPS) is 11.3. The van der Waals surface area contributed by atoms with Crippen LogP contribution in [0.4, 0.5) is 5.69 Å². The van der Waals surface area contributed by atoms with Crippen molar-refractivity contribution < 1.29 is 19.1 Å². The fourth-order valence-corrected chi connectivity index (χ4v) is 2.11. The van der Waals surface area contributed by atoms with E-state index in [0.717, 1.165) is 5.56 Å². The van der Waals surface area contributed by atoms with E-state index in [0.29, 0.717) is 11.3 Å². The van der Waals surface area contributed by atoms with E-state index in [-0.39, 0.29) is 5.91 Å². The first-order valence-corrected chi connectivity index (χ1v) is 7.85. The van der Waals surface area contributed by atoms with Crippen LogP contribution >= 0.6 is 0 Å². The number of hydrogen-bond acceptors (Lipinski definition) is 4. The molecule has 2 amide bonds. The highest BCUT2D eigenvalue weighted by Crippen LogP contribution is 2.06. The van der Waals surface area contributed by atoms with Crippen molar-refractivity contribution in [1.29, 1.82) is 0 Å². The van der Waals surface area contributed by atoms with E-state index in [1.165, 1.54) is 6.92 Å². The molecule has 0 unspecified atom stereocenters. The fourth-order valence-electron chi connectivity index (χ4n) is 2.11. The van der Waals surface area contributed by atoms with Gasteiger partial charge in [-0.15, -0.1) is 0 Å². The van der Waals surface area contributed by atoms with Crippen molar-refractivity contribution in [3.05, 3.63) is 65.7 Å². The second-order valence-corrected chi connectivity index (χ2v) is 5.59. The predicted molar refractivity (Wildman–Crippen MR) is 94.1 cm³/mol. The number of carbonyl (C=O) groups excluding carboxylic acids is 3. The van der Waals surface area contributed by atoms with Gasteiger partial charge in [-0.1, -0.05) is 35.9 Å². The minimum atomic E-state index is -0.863. The van der Waals surface area contributed by atoms with Crippen LogP contribution in [0.2, 0.25) is 0 Å². The molecular formula is C19H20N2O4. The van der Waals surface area contributed by atoms with Crippen LogP contribution in [0, 0.1) is 6.92 Å². The summed E-state index contributed by atoms with van der Waals surface area (Å²) in [5.41, 5.74) is 2.02. The summed E-state index contributed by atoms with van der Waals surface area (Å²) in [4.78, 5) is 35.8. The van der Waals surface area contributed by atoms with Crippen LogP contribution in [0.25, 0.3) is 0 Å². The number of amides is 2. The third-order valence-corrected chi connectivity index (χ3v) is 3.38. The summed E-state index contributed by atoms with van der Waals surface area (Å²) < 4.78 is 4.93. The Morgan fingerprint density at radius 2 is 1.76 bits per heavy atom. The second-order valence-electron chi connectivity index (χ2n) is 5.59. The Bertz CT molecular complexity index is 759. The molecule has 0 spiro atoms. The van der Waals surface area contributed by atoms with E-state index in [9.17, 15) is 14.4 Å². The van der Waals surface area contributed by atoms with Crippen molar-refractivity contribution in [1.82, 2.24) is 5.32 Å². The van der Waals surface area contributed by atoms with Crippen molar-refractivity contribution >= 4 is 23.5 Å². The molecule has 2 aromatic rings. The molecule has 6 nitrogen and oxygen atoms in total. The third kappa shape index (κ3) is 5.76. The van der Waals surface area contributed by atoms with Crippen molar-refractivity contribution in [3.8, 4) is 0 Å². The van der Waals surface area contributed by atoms with E-state index in [4.69, 9.17) is 4.74 Å². The number of nitrogens with one attached hydrogen (secondary N) is 2. The van der Waals surface area contributed by atoms with Gasteiger partial charge in [-0.25, -0.2) is 4.79 Å². The molecule has 0 aliphatic carbocycles. The fraction of sp³-hybridized carbons (Fsp3) is 0.211. The summed E-state index contributed by atoms with van der Waals surface area (Å²) in [6.45, 7) is 2.96. The highest BCUT2D eigenvalue weighted by Gasteiger charge is 2.19. The van der Waals surface area contributed by atoms with E-state index in [1.54, 1.807) is 42.5 Å². The van der Waals surface area contributed by atoms with Crippen LogP contribution in [0.5, 0.6) is 0 Å². The topological polar surface area (TPSA) is 84.5 Å². The zero-order valence-corrected chi connectivity index (χ0v) is 14.1. The van der Waals surface area contributed by atoms with Crippen LogP contribution in [0.1, 0.15) is 22.8 Å². The molecule has 0 saturated carbocycles. The monoisotopic (exact) mass is 340 g/mol. The van der Waals surface area contributed by atoms with Gasteiger partial charge in [-0.05, 0) is 38.1 Å². The van der Waals surface area contributed by atoms with Crippen LogP contribution in [-0.2, 0) is 14.3 Å². The Morgan fingerprint density at radius 3 is 2.44 bits per heavy atom. The van der Waals surface area contributed by atoms with Gasteiger partial charge in [-0.2, -0.15) is 0 Å². The van der Waals surface area contributed by atoms with Gasteiger partial charge in [0.2, 0.25) is 0 Å². The molecule has 0 radical (unpaired) electrons. The Morgan fingerprint density at radius 1 is 1.04 bits per heavy atom. The summed E-state index contributed by atoms with van der Waals surface area (Å²) in [6.07, 6.45) is 0. The number of carbonyl (C=O) groups is 3. The first kappa shape index (κ1) is 18.2. The number of para-hydroxylation sites is 1. The number of esters is 1. The molecule has 130 valence electrons. The van der Waals surface area contributed by atoms with Gasteiger partial charge in [0.05, 0.1) is 0 Å². The molecule has 0 fully saturated rings. The zero-order valence-electron chi connectivity index (χ0n) is 14.1. The Balaban J connectivity index is 1.80. The highest BCUT2D eigenvalue weighted by atomic mass is 16.5. The van der Waals surface area contributed by atoms with Gasteiger partial charge in [0, 0.05) is 11.3 Å². The minimum absolute atomic E-state index is 0.373. The molecule has 2 N–H and O–H groups in total. The number of ether oxygens (including phenoxy) is 1. The van der Waals surface area contributed by atoms with E-state index in [2.05, 4.69) is 10.6 Å². The van der Waals surface area contributed by atoms with Crippen LogP contribution in [0.15, 0.2) is 54.6 Å². The number of anilines is 1. The third-order valence-electron chi connectivity index (χ3n) is 3.38. The van der Waals surface area contributed by atoms with Crippen LogP contribution in [0.3, 0.4) is 0 Å². The van der Waals surface area contributed by atoms with Crippen molar-refractivity contribution in [2.75, 3.05) is 11.9 Å². The van der Waals surface area contributed by atoms with E-state index in [1.807, 2.05) is 19.1 Å². The highest BCUT2D eigenvalue weighted by molar-refractivity contribution is 5.97. The smallest absolute Gasteiger partial charge is 0.328 e. The zero-order chi connectivity index (χ0) is 18.2. The Kier molecular flexibility index (Phi) is 6.28. The SMILES string of the molecule is Cc1cccc(C(=O)N[C@@H](C)C(=O)OCC(=O)Nc2ccccc2)c1. The Hall–Kier alpha value is -3.15. The molecule has 0 saturated heterocycles. The van der Waals surface area contributed by atoms with Gasteiger partial charge in [0.15, 0.2) is 6.61 Å². The number of hydrogen-bond donors (Lipinski definition) is 2. The largest absolute Gasteiger partial charge is 0.454 e. The summed E-state index contributed by atoms with van der Waals surface area (Å²) >= 11 is 0. The first-order valence-electron chi connectivity index (χ1n) is 7.85. The lowest BCUT2D eigenvalue weighted by atomic mass is 10.1. The lowest BCUT2D eigenvalue weighted by Gasteiger charge is -2.13. The number of aryl methyl sites for hydroxylation is 1. The molecule has 6 heteroatoms. The van der Waals surface area contributed by atoms with Gasteiger partial charge in [-0.3, -0.25) is 9.59 Å². The summed E-state index contributed by atoms with van der Waals surface area (Å²) in [5, 5.41) is 5.16. The average molecular weight is 340 g/mol. The lowest BCUT2D eigenvalue weighted by Crippen LogP contribution is -2.40. The van der Waals surface area contributed by atoms with Crippen LogP contribution in [-0.4, -0.2) is 30.4 Å². The van der Waals surface area contributed by atoms with Gasteiger partial charge in [0.25, 0.3) is 11.8 Å². The molecular weight excluding hydrogens is 320 g/mol. The van der Waals surface area contributed by atoms with Crippen molar-refractivity contribution in [2.24, 2.45) is 0 Å². The summed E-state index contributed by atoms with van der Waals surface area (Å²) in [7, 11) is 0. The molecule has 0 heterocycles. The number of benzene rings is 2. The molecule has 1 atom stereocenters. The number of rotatable bonds is 6. The maximum Gasteiger partial charge on any atom is 0.328 e. The Labute approximate surface area is 146 Å². The summed E-state index contributed by atoms with van der Waals surface area (Å²) in [6, 6.07) is 15.0. The molecule has 2 rings (SSSR count). The molecule has 0 aromatic heterocycles. The van der Waals surface area contributed by atoms with Crippen LogP contribution < -0.4 is 10.6 Å². The maximum atomic E-state index is 12.1. The lowest BCUT2D eigenvalue weighted by molar-refractivity contribution is -0.148. The molecule has 0 aliphatic rings. The van der Waals surface area contributed by atoms with E-state index >= 15 is 0 Å². The van der Waals surface area contributed by atoms with E-state index < -0.39 is 24.5 Å². The average Bonchev–Trinajstić information content (AvgIpc) is 2.60. The van der Waals surface area contributed by atoms with Crippen molar-refractivity contribution in [2.45, 2.75) is 19.9 Å². The standard InChI is InChI=1S/C19H20N2O4/c1-13-7-6-8-15(11-13)18(23)20-14(2)19(24)25-12-17(22)21-16-9-4-3-5-10-16/h3-11,14H,12H2,1-2H3,(H,20,23)(H,21,22)/t14-/m0/s1. The van der Waals surface area contributed by atoms with Gasteiger partial charge in [0.1, 0.15) is 6.04 Å². The summed E-state index contributed by atoms with van der Waals surface area (Å²) in [5.74, 6) is -1.50. The maximum absolute atomic E-state index is 12.1. The molecule has 0 aliphatic heterocycles. The minimum Gasteiger partial charge on any atom is -0.454 e. The van der Waals surface area contributed by atoms with Crippen molar-refractivity contribution in [3.63, 3.8) is 0 Å². The second kappa shape index (κ2) is 8.63. The molecule has 2 aromatic carbocycles. The first-order chi connectivity index (χ1) is 12.0. The van der Waals surface area contributed by atoms with Gasteiger partial charge < -0.3 is 15.4 Å². The quantitative estimate of drug-likeness (QED) is 0.790. The molecule has 0 bridgehead atoms. The predicted octanol–water partition coefficient (Wildman–Crippen LogP) is 2.30.